The second-order valence-corrected chi connectivity index (χ2v) is 6.29. The molecule has 0 spiro atoms. The van der Waals surface area contributed by atoms with Gasteiger partial charge in [0.05, 0.1) is 11.4 Å². The highest BCUT2D eigenvalue weighted by atomic mass is 16.1. The Hall–Kier alpha value is -2.17. The molecule has 0 radical (unpaired) electrons. The first-order valence-electron chi connectivity index (χ1n) is 8.43. The van der Waals surface area contributed by atoms with Gasteiger partial charge in [0.2, 0.25) is 5.91 Å². The molecule has 5 heteroatoms. The molecular formula is C18H24N4O. The number of fused-ring (bicyclic) bond motifs is 1. The highest BCUT2D eigenvalue weighted by Gasteiger charge is 2.27. The van der Waals surface area contributed by atoms with Crippen LogP contribution in [0.1, 0.15) is 31.7 Å². The summed E-state index contributed by atoms with van der Waals surface area (Å²) in [5, 5.41) is 4.09. The lowest BCUT2D eigenvalue weighted by atomic mass is 9.96. The van der Waals surface area contributed by atoms with Gasteiger partial charge in [0.15, 0.2) is 0 Å². The van der Waals surface area contributed by atoms with Gasteiger partial charge in [-0.25, -0.2) is 9.97 Å². The Morgan fingerprint density at radius 2 is 2.26 bits per heavy atom. The van der Waals surface area contributed by atoms with Gasteiger partial charge in [-0.05, 0) is 38.3 Å². The van der Waals surface area contributed by atoms with Crippen molar-refractivity contribution in [1.29, 1.82) is 0 Å². The zero-order valence-corrected chi connectivity index (χ0v) is 13.9. The number of carbonyl (C=O) groups excluding carboxylic acids is 1. The summed E-state index contributed by atoms with van der Waals surface area (Å²) in [7, 11) is 0. The normalized spacial score (nSPS) is 18.2. The zero-order valence-electron chi connectivity index (χ0n) is 13.9. The van der Waals surface area contributed by atoms with Crippen molar-refractivity contribution in [3.8, 4) is 0 Å². The quantitative estimate of drug-likeness (QED) is 0.943. The number of nitrogens with one attached hydrogen (secondary N) is 1. The van der Waals surface area contributed by atoms with Gasteiger partial charge in [-0.1, -0.05) is 18.6 Å². The van der Waals surface area contributed by atoms with E-state index in [2.05, 4.69) is 46.2 Å². The third-order valence-corrected chi connectivity index (χ3v) is 4.41. The Labute approximate surface area is 137 Å². The van der Waals surface area contributed by atoms with Gasteiger partial charge < -0.3 is 10.2 Å². The van der Waals surface area contributed by atoms with E-state index in [1.165, 1.54) is 5.56 Å². The fourth-order valence-electron chi connectivity index (χ4n) is 3.18. The summed E-state index contributed by atoms with van der Waals surface area (Å²) in [6.07, 6.45) is 4.56. The molecule has 2 aromatic rings. The largest absolute Gasteiger partial charge is 0.356 e. The van der Waals surface area contributed by atoms with E-state index in [1.54, 1.807) is 6.33 Å². The highest BCUT2D eigenvalue weighted by Crippen LogP contribution is 2.28. The van der Waals surface area contributed by atoms with E-state index >= 15 is 0 Å². The van der Waals surface area contributed by atoms with Crippen molar-refractivity contribution >= 4 is 22.6 Å². The first-order valence-corrected chi connectivity index (χ1v) is 8.43. The minimum absolute atomic E-state index is 0.0464. The number of amides is 1. The van der Waals surface area contributed by atoms with Gasteiger partial charge in [-0.2, -0.15) is 0 Å². The van der Waals surface area contributed by atoms with Crippen molar-refractivity contribution in [2.45, 2.75) is 33.1 Å². The summed E-state index contributed by atoms with van der Waals surface area (Å²) >= 11 is 0. The molecule has 1 aromatic carbocycles. The molecule has 1 aromatic heterocycles. The van der Waals surface area contributed by atoms with Crippen molar-refractivity contribution in [2.24, 2.45) is 5.92 Å². The first-order chi connectivity index (χ1) is 11.2. The summed E-state index contributed by atoms with van der Waals surface area (Å²) in [5.74, 6) is 1.17. The summed E-state index contributed by atoms with van der Waals surface area (Å²) in [6, 6.07) is 6.23. The smallest absolute Gasteiger partial charge is 0.224 e. The number of aryl methyl sites for hydroxylation is 1. The van der Waals surface area contributed by atoms with Crippen LogP contribution in [0.3, 0.4) is 0 Å². The zero-order chi connectivity index (χ0) is 16.2. The number of carbonyl (C=O) groups is 1. The van der Waals surface area contributed by atoms with Gasteiger partial charge in [-0.15, -0.1) is 0 Å². The van der Waals surface area contributed by atoms with Crippen molar-refractivity contribution in [1.82, 2.24) is 15.3 Å². The van der Waals surface area contributed by atoms with Gasteiger partial charge in [0.25, 0.3) is 0 Å². The minimum atomic E-state index is 0.0464. The number of hydrogen-bond acceptors (Lipinski definition) is 4. The molecule has 23 heavy (non-hydrogen) atoms. The summed E-state index contributed by atoms with van der Waals surface area (Å²) < 4.78 is 0. The van der Waals surface area contributed by atoms with Gasteiger partial charge in [0.1, 0.15) is 12.1 Å². The number of anilines is 1. The molecule has 0 bridgehead atoms. The number of benzene rings is 1. The van der Waals surface area contributed by atoms with Crippen LogP contribution in [0.4, 0.5) is 5.82 Å². The Morgan fingerprint density at radius 1 is 1.39 bits per heavy atom. The fourth-order valence-corrected chi connectivity index (χ4v) is 3.18. The van der Waals surface area contributed by atoms with Crippen molar-refractivity contribution in [2.75, 3.05) is 24.5 Å². The molecule has 1 amide bonds. The van der Waals surface area contributed by atoms with Crippen LogP contribution in [-0.2, 0) is 4.79 Å². The maximum atomic E-state index is 12.3. The summed E-state index contributed by atoms with van der Waals surface area (Å²) in [4.78, 5) is 23.4. The van der Waals surface area contributed by atoms with Crippen LogP contribution in [0.5, 0.6) is 0 Å². The van der Waals surface area contributed by atoms with Gasteiger partial charge in [0, 0.05) is 25.0 Å². The molecule has 1 fully saturated rings. The molecule has 2 heterocycles. The number of nitrogens with zero attached hydrogens (tertiary/aromatic N) is 3. The SMILES string of the molecule is CCCNC(=O)C1CCCN(c2ncnc3ccc(C)cc23)C1. The van der Waals surface area contributed by atoms with Crippen LogP contribution in [0, 0.1) is 12.8 Å². The fraction of sp³-hybridized carbons (Fsp3) is 0.500. The molecular weight excluding hydrogens is 288 g/mol. The third kappa shape index (κ3) is 3.44. The van der Waals surface area contributed by atoms with Gasteiger partial charge in [-0.3, -0.25) is 4.79 Å². The van der Waals surface area contributed by atoms with Gasteiger partial charge >= 0.3 is 0 Å². The molecule has 0 saturated carbocycles. The molecule has 1 aliphatic rings. The van der Waals surface area contributed by atoms with Crippen LogP contribution in [0.25, 0.3) is 10.9 Å². The van der Waals surface area contributed by atoms with E-state index in [0.29, 0.717) is 0 Å². The van der Waals surface area contributed by atoms with E-state index in [1.807, 2.05) is 6.07 Å². The number of piperidine rings is 1. The minimum Gasteiger partial charge on any atom is -0.356 e. The Morgan fingerprint density at radius 3 is 3.09 bits per heavy atom. The lowest BCUT2D eigenvalue weighted by Crippen LogP contribution is -2.43. The predicted molar refractivity (Wildman–Crippen MR) is 92.5 cm³/mol. The Bertz CT molecular complexity index is 700. The van der Waals surface area contributed by atoms with Crippen molar-refractivity contribution < 1.29 is 4.79 Å². The first kappa shape index (κ1) is 15.7. The molecule has 1 aliphatic heterocycles. The maximum Gasteiger partial charge on any atom is 0.224 e. The summed E-state index contributed by atoms with van der Waals surface area (Å²) in [5.41, 5.74) is 2.15. The molecule has 3 rings (SSSR count). The topological polar surface area (TPSA) is 58.1 Å². The molecule has 1 N–H and O–H groups in total. The summed E-state index contributed by atoms with van der Waals surface area (Å²) in [6.45, 7) is 6.58. The van der Waals surface area contributed by atoms with E-state index in [0.717, 1.165) is 55.6 Å². The monoisotopic (exact) mass is 312 g/mol. The lowest BCUT2D eigenvalue weighted by Gasteiger charge is -2.33. The standard InChI is InChI=1S/C18H24N4O/c1-3-8-19-18(23)14-5-4-9-22(11-14)17-15-10-13(2)6-7-16(15)20-12-21-17/h6-7,10,12,14H,3-5,8-9,11H2,1-2H3,(H,19,23). The van der Waals surface area contributed by atoms with Crippen LogP contribution in [0.15, 0.2) is 24.5 Å². The number of rotatable bonds is 4. The molecule has 1 atom stereocenters. The van der Waals surface area contributed by atoms with E-state index < -0.39 is 0 Å². The average molecular weight is 312 g/mol. The second-order valence-electron chi connectivity index (χ2n) is 6.29. The number of hydrogen-bond donors (Lipinski definition) is 1. The second kappa shape index (κ2) is 6.94. The molecule has 1 saturated heterocycles. The van der Waals surface area contributed by atoms with E-state index in [-0.39, 0.29) is 11.8 Å². The Balaban J connectivity index is 1.84. The maximum absolute atomic E-state index is 12.3. The molecule has 1 unspecified atom stereocenters. The average Bonchev–Trinajstić information content (AvgIpc) is 2.59. The predicted octanol–water partition coefficient (Wildman–Crippen LogP) is 2.68. The van der Waals surface area contributed by atoms with Crippen LogP contribution in [0.2, 0.25) is 0 Å². The van der Waals surface area contributed by atoms with Crippen LogP contribution >= 0.6 is 0 Å². The van der Waals surface area contributed by atoms with Crippen LogP contribution in [-0.4, -0.2) is 35.5 Å². The van der Waals surface area contributed by atoms with E-state index in [9.17, 15) is 4.79 Å². The Kier molecular flexibility index (Phi) is 4.74. The number of aromatic nitrogens is 2. The third-order valence-electron chi connectivity index (χ3n) is 4.41. The van der Waals surface area contributed by atoms with Crippen LogP contribution < -0.4 is 10.2 Å². The highest BCUT2D eigenvalue weighted by molar-refractivity contribution is 5.90. The van der Waals surface area contributed by atoms with Crippen molar-refractivity contribution in [3.63, 3.8) is 0 Å². The molecule has 122 valence electrons. The lowest BCUT2D eigenvalue weighted by molar-refractivity contribution is -0.125. The molecule has 0 aliphatic carbocycles. The molecule has 5 nitrogen and oxygen atoms in total. The van der Waals surface area contributed by atoms with E-state index in [4.69, 9.17) is 0 Å². The van der Waals surface area contributed by atoms with Crippen molar-refractivity contribution in [3.05, 3.63) is 30.1 Å².